The normalized spacial score (nSPS) is 14.1. The van der Waals surface area contributed by atoms with E-state index in [2.05, 4.69) is 22.0 Å². The fourth-order valence-electron chi connectivity index (χ4n) is 2.78. The van der Waals surface area contributed by atoms with Crippen LogP contribution in [0.2, 0.25) is 0 Å². The summed E-state index contributed by atoms with van der Waals surface area (Å²) in [6, 6.07) is 13.7. The molecular formula is C21H16BrN3O4. The van der Waals surface area contributed by atoms with E-state index in [0.717, 1.165) is 15.4 Å². The first-order valence-electron chi connectivity index (χ1n) is 8.55. The molecule has 1 saturated heterocycles. The average Bonchev–Trinajstić information content (AvgIpc) is 2.73. The second kappa shape index (κ2) is 8.29. The summed E-state index contributed by atoms with van der Waals surface area (Å²) in [5.41, 5.74) is 1.80. The van der Waals surface area contributed by atoms with Gasteiger partial charge < -0.3 is 4.74 Å². The van der Waals surface area contributed by atoms with Crippen LogP contribution >= 0.6 is 15.9 Å². The summed E-state index contributed by atoms with van der Waals surface area (Å²) in [4.78, 5) is 38.2. The Labute approximate surface area is 175 Å². The molecule has 29 heavy (non-hydrogen) atoms. The zero-order valence-electron chi connectivity index (χ0n) is 15.7. The van der Waals surface area contributed by atoms with E-state index >= 15 is 0 Å². The zero-order chi connectivity index (χ0) is 21.1. The maximum atomic E-state index is 12.3. The molecule has 1 fully saturated rings. The lowest BCUT2D eigenvalue weighted by Gasteiger charge is -2.28. The summed E-state index contributed by atoms with van der Waals surface area (Å²) in [5.74, 6) is -0.754. The summed E-state index contributed by atoms with van der Waals surface area (Å²) < 4.78 is 6.41. The Morgan fingerprint density at radius 3 is 2.34 bits per heavy atom. The van der Waals surface area contributed by atoms with Gasteiger partial charge in [-0.2, -0.15) is 5.26 Å². The van der Waals surface area contributed by atoms with Gasteiger partial charge in [0, 0.05) is 19.7 Å². The van der Waals surface area contributed by atoms with E-state index in [1.165, 1.54) is 20.2 Å². The van der Waals surface area contributed by atoms with Crippen LogP contribution in [-0.4, -0.2) is 41.7 Å². The Kier molecular flexibility index (Phi) is 5.80. The van der Waals surface area contributed by atoms with Gasteiger partial charge in [0.15, 0.2) is 0 Å². The Bertz CT molecular complexity index is 1060. The summed E-state index contributed by atoms with van der Waals surface area (Å²) in [6.07, 6.45) is 1.43. The Balaban J connectivity index is 1.82. The summed E-state index contributed by atoms with van der Waals surface area (Å²) in [6.45, 7) is 0.220. The molecule has 146 valence electrons. The predicted octanol–water partition coefficient (Wildman–Crippen LogP) is 3.33. The molecule has 2 aromatic carbocycles. The molecule has 0 spiro atoms. The lowest BCUT2D eigenvalue weighted by Crippen LogP contribution is -2.52. The van der Waals surface area contributed by atoms with Crippen LogP contribution in [0.5, 0.6) is 5.75 Å². The van der Waals surface area contributed by atoms with Crippen molar-refractivity contribution in [2.45, 2.75) is 6.61 Å². The van der Waals surface area contributed by atoms with Crippen molar-refractivity contribution in [1.29, 1.82) is 5.26 Å². The van der Waals surface area contributed by atoms with Crippen molar-refractivity contribution in [3.05, 3.63) is 69.2 Å². The fourth-order valence-corrected chi connectivity index (χ4v) is 3.29. The minimum absolute atomic E-state index is 0.0990. The number of benzene rings is 2. The Hall–Kier alpha value is -3.44. The van der Waals surface area contributed by atoms with Crippen LogP contribution in [0.15, 0.2) is 52.5 Å². The van der Waals surface area contributed by atoms with E-state index in [1.54, 1.807) is 30.3 Å². The summed E-state index contributed by atoms with van der Waals surface area (Å²) >= 11 is 3.42. The predicted molar refractivity (Wildman–Crippen MR) is 109 cm³/mol. The molecule has 1 aliphatic rings. The maximum Gasteiger partial charge on any atom is 0.333 e. The number of nitriles is 1. The van der Waals surface area contributed by atoms with Crippen molar-refractivity contribution in [3.8, 4) is 11.8 Å². The lowest BCUT2D eigenvalue weighted by molar-refractivity contribution is -0.134. The highest BCUT2D eigenvalue weighted by atomic mass is 79.9. The lowest BCUT2D eigenvalue weighted by atomic mass is 10.1. The average molecular weight is 454 g/mol. The van der Waals surface area contributed by atoms with Gasteiger partial charge in [0.1, 0.15) is 17.9 Å². The first-order valence-corrected chi connectivity index (χ1v) is 9.35. The highest BCUT2D eigenvalue weighted by Gasteiger charge is 2.37. The van der Waals surface area contributed by atoms with Gasteiger partial charge in [-0.15, -0.1) is 0 Å². The van der Waals surface area contributed by atoms with Crippen molar-refractivity contribution < 1.29 is 19.1 Å². The monoisotopic (exact) mass is 453 g/mol. The first-order chi connectivity index (χ1) is 13.8. The quantitative estimate of drug-likeness (QED) is 0.522. The second-order valence-corrected chi connectivity index (χ2v) is 7.17. The van der Waals surface area contributed by atoms with Crippen molar-refractivity contribution >= 4 is 39.9 Å². The number of amides is 4. The summed E-state index contributed by atoms with van der Waals surface area (Å²) in [5, 5.41) is 9.15. The Morgan fingerprint density at radius 1 is 1.07 bits per heavy atom. The molecule has 0 atom stereocenters. The molecule has 3 rings (SSSR count). The van der Waals surface area contributed by atoms with E-state index < -0.39 is 17.8 Å². The number of carbonyl (C=O) groups is 3. The number of urea groups is 1. The SMILES string of the molecule is CN1C(=O)C(=Cc2ccc(OCc3ccccc3C#N)c(Br)c2)C(=O)N(C)C1=O. The van der Waals surface area contributed by atoms with E-state index in [1.807, 2.05) is 12.1 Å². The molecule has 4 amide bonds. The zero-order valence-corrected chi connectivity index (χ0v) is 17.3. The third-order valence-corrected chi connectivity index (χ3v) is 5.05. The topological polar surface area (TPSA) is 90.7 Å². The van der Waals surface area contributed by atoms with E-state index in [4.69, 9.17) is 10.00 Å². The Morgan fingerprint density at radius 2 is 1.72 bits per heavy atom. The standard InChI is InChI=1S/C21H16BrN3O4/c1-24-19(26)16(20(27)25(2)21(24)28)9-13-7-8-18(17(22)10-13)29-12-15-6-4-3-5-14(15)11-23/h3-10H,12H2,1-2H3. The van der Waals surface area contributed by atoms with Crippen molar-refractivity contribution in [1.82, 2.24) is 9.80 Å². The van der Waals surface area contributed by atoms with Crippen LogP contribution in [0, 0.1) is 11.3 Å². The molecular weight excluding hydrogens is 438 g/mol. The number of halogens is 1. The van der Waals surface area contributed by atoms with Crippen molar-refractivity contribution in [2.75, 3.05) is 14.1 Å². The maximum absolute atomic E-state index is 12.3. The number of nitrogens with zero attached hydrogens (tertiary/aromatic N) is 3. The number of ether oxygens (including phenoxy) is 1. The van der Waals surface area contributed by atoms with Crippen LogP contribution in [0.1, 0.15) is 16.7 Å². The number of hydrogen-bond acceptors (Lipinski definition) is 5. The van der Waals surface area contributed by atoms with Gasteiger partial charge in [-0.25, -0.2) is 4.79 Å². The number of barbiturate groups is 1. The molecule has 1 heterocycles. The van der Waals surface area contributed by atoms with Crippen LogP contribution in [0.25, 0.3) is 6.08 Å². The van der Waals surface area contributed by atoms with Gasteiger partial charge in [0.05, 0.1) is 16.1 Å². The molecule has 8 heteroatoms. The summed E-state index contributed by atoms with van der Waals surface area (Å²) in [7, 11) is 2.65. The minimum Gasteiger partial charge on any atom is -0.488 e. The molecule has 1 aliphatic heterocycles. The molecule has 7 nitrogen and oxygen atoms in total. The van der Waals surface area contributed by atoms with Gasteiger partial charge in [0.2, 0.25) is 0 Å². The van der Waals surface area contributed by atoms with Crippen molar-refractivity contribution in [2.24, 2.45) is 0 Å². The van der Waals surface area contributed by atoms with E-state index in [0.29, 0.717) is 21.3 Å². The molecule has 0 unspecified atom stereocenters. The first kappa shape index (κ1) is 20.3. The van der Waals surface area contributed by atoms with Crippen LogP contribution in [0.3, 0.4) is 0 Å². The van der Waals surface area contributed by atoms with Gasteiger partial charge in [-0.05, 0) is 45.8 Å². The highest BCUT2D eigenvalue weighted by Crippen LogP contribution is 2.29. The molecule has 0 radical (unpaired) electrons. The van der Waals surface area contributed by atoms with Crippen LogP contribution < -0.4 is 4.74 Å². The molecule has 0 aromatic heterocycles. The molecule has 0 bridgehead atoms. The highest BCUT2D eigenvalue weighted by molar-refractivity contribution is 9.10. The molecule has 2 aromatic rings. The smallest absolute Gasteiger partial charge is 0.333 e. The van der Waals surface area contributed by atoms with E-state index in [-0.39, 0.29) is 12.2 Å². The minimum atomic E-state index is -0.667. The molecule has 0 saturated carbocycles. The number of carbonyl (C=O) groups excluding carboxylic acids is 3. The third-order valence-electron chi connectivity index (χ3n) is 4.43. The van der Waals surface area contributed by atoms with Crippen molar-refractivity contribution in [3.63, 3.8) is 0 Å². The number of hydrogen-bond donors (Lipinski definition) is 0. The number of imide groups is 2. The van der Waals surface area contributed by atoms with Gasteiger partial charge in [-0.1, -0.05) is 24.3 Å². The van der Waals surface area contributed by atoms with Crippen LogP contribution in [-0.2, 0) is 16.2 Å². The van der Waals surface area contributed by atoms with Gasteiger partial charge in [-0.3, -0.25) is 19.4 Å². The van der Waals surface area contributed by atoms with Gasteiger partial charge >= 0.3 is 6.03 Å². The van der Waals surface area contributed by atoms with Crippen LogP contribution in [0.4, 0.5) is 4.79 Å². The largest absolute Gasteiger partial charge is 0.488 e. The van der Waals surface area contributed by atoms with E-state index in [9.17, 15) is 14.4 Å². The van der Waals surface area contributed by atoms with Gasteiger partial charge in [0.25, 0.3) is 11.8 Å². The molecule has 0 N–H and O–H groups in total. The molecule has 0 aliphatic carbocycles. The number of likely N-dealkylation sites (N-methyl/N-ethyl adjacent to an activating group) is 2. The number of rotatable bonds is 4. The third kappa shape index (κ3) is 4.05. The fraction of sp³-hybridized carbons (Fsp3) is 0.143. The second-order valence-electron chi connectivity index (χ2n) is 6.32.